The molecule has 0 fully saturated rings. The molecule has 0 aromatic rings. The number of unbranched alkanes of at least 4 members (excludes halogenated alkanes) is 8. The van der Waals surface area contributed by atoms with Crippen molar-refractivity contribution in [3.63, 3.8) is 0 Å². The highest BCUT2D eigenvalue weighted by Gasteiger charge is 2.00. The van der Waals surface area contributed by atoms with Gasteiger partial charge in [0.2, 0.25) is 0 Å². The number of nitrogens with two attached hydrogens (primary N) is 1. The summed E-state index contributed by atoms with van der Waals surface area (Å²) < 4.78 is 4.84. The second-order valence-electron chi connectivity index (χ2n) is 5.08. The van der Waals surface area contributed by atoms with Gasteiger partial charge in [0.15, 0.2) is 0 Å². The maximum atomic E-state index is 10.1. The highest BCUT2D eigenvalue weighted by molar-refractivity contribution is 5.37. The summed E-state index contributed by atoms with van der Waals surface area (Å²) in [5.74, 6) is 5.10. The number of ether oxygens (including phenoxy) is 1. The molecule has 0 bridgehead atoms. The highest BCUT2D eigenvalue weighted by atomic mass is 16.5. The van der Waals surface area contributed by atoms with Gasteiger partial charge in [-0.1, -0.05) is 44.9 Å². The molecule has 0 aromatic heterocycles. The third kappa shape index (κ3) is 15.3. The Labute approximate surface area is 117 Å². The van der Waals surface area contributed by atoms with Crippen LogP contribution in [0.15, 0.2) is 0 Å². The lowest BCUT2D eigenvalue weighted by molar-refractivity contribution is -0.133. The summed E-state index contributed by atoms with van der Waals surface area (Å²) in [5.41, 5.74) is 5.32. The van der Waals surface area contributed by atoms with Gasteiger partial charge in [-0.05, 0) is 26.2 Å². The molecule has 0 spiro atoms. The molecule has 5 heteroatoms. The lowest BCUT2D eigenvalue weighted by Gasteiger charge is -2.08. The Morgan fingerprint density at radius 3 is 2.05 bits per heavy atom. The Hall–Kier alpha value is -0.650. The van der Waals surface area contributed by atoms with Crippen LogP contribution < -0.4 is 16.8 Å². The maximum Gasteiger partial charge on any atom is 0.293 e. The van der Waals surface area contributed by atoms with Gasteiger partial charge in [-0.3, -0.25) is 10.6 Å². The number of carbonyl (C=O) groups excluding carboxylic acids is 1. The first-order chi connectivity index (χ1) is 9.31. The second-order valence-corrected chi connectivity index (χ2v) is 5.08. The van der Waals surface area contributed by atoms with Crippen molar-refractivity contribution >= 4 is 6.47 Å². The number of hydrogen-bond acceptors (Lipinski definition) is 5. The minimum Gasteiger partial charge on any atom is -0.465 e. The van der Waals surface area contributed by atoms with Crippen LogP contribution in [0.2, 0.25) is 0 Å². The topological polar surface area (TPSA) is 76.4 Å². The molecular formula is C14H31N3O2. The maximum absolute atomic E-state index is 10.1. The Bertz CT molecular complexity index is 192. The van der Waals surface area contributed by atoms with Crippen molar-refractivity contribution in [1.82, 2.24) is 11.0 Å². The Morgan fingerprint density at radius 1 is 1.00 bits per heavy atom. The normalized spacial score (nSPS) is 12.3. The summed E-state index contributed by atoms with van der Waals surface area (Å²) >= 11 is 0. The van der Waals surface area contributed by atoms with Crippen molar-refractivity contribution in [1.29, 1.82) is 0 Å². The van der Waals surface area contributed by atoms with E-state index in [2.05, 4.69) is 11.0 Å². The monoisotopic (exact) mass is 273 g/mol. The van der Waals surface area contributed by atoms with Crippen LogP contribution in [0.5, 0.6) is 0 Å². The van der Waals surface area contributed by atoms with Gasteiger partial charge >= 0.3 is 0 Å². The molecule has 0 aliphatic rings. The quantitative estimate of drug-likeness (QED) is 0.185. The van der Waals surface area contributed by atoms with Gasteiger partial charge in [0.25, 0.3) is 6.47 Å². The van der Waals surface area contributed by atoms with Gasteiger partial charge in [-0.15, -0.1) is 0 Å². The van der Waals surface area contributed by atoms with Crippen molar-refractivity contribution in [3.05, 3.63) is 0 Å². The predicted molar refractivity (Wildman–Crippen MR) is 78.1 cm³/mol. The van der Waals surface area contributed by atoms with E-state index < -0.39 is 0 Å². The number of carbonyl (C=O) groups is 1. The number of nitrogens with one attached hydrogen (secondary N) is 2. The molecule has 0 aliphatic carbocycles. The Kier molecular flexibility index (Phi) is 14.9. The van der Waals surface area contributed by atoms with Crippen LogP contribution in [0.3, 0.4) is 0 Å². The minimum atomic E-state index is 0.0779. The summed E-state index contributed by atoms with van der Waals surface area (Å²) in [5, 5.41) is 0. The molecule has 0 radical (unpaired) electrons. The van der Waals surface area contributed by atoms with Gasteiger partial charge in [-0.25, -0.2) is 5.43 Å². The average Bonchev–Trinajstić information content (AvgIpc) is 2.40. The lowest BCUT2D eigenvalue weighted by Crippen LogP contribution is -2.38. The van der Waals surface area contributed by atoms with Crippen LogP contribution in [0.1, 0.15) is 71.1 Å². The Morgan fingerprint density at radius 2 is 1.53 bits per heavy atom. The van der Waals surface area contributed by atoms with Crippen LogP contribution in [0.25, 0.3) is 0 Å². The van der Waals surface area contributed by atoms with Crippen molar-refractivity contribution in [2.75, 3.05) is 6.54 Å². The van der Waals surface area contributed by atoms with Gasteiger partial charge in [0, 0.05) is 6.54 Å². The molecule has 0 aliphatic heterocycles. The van der Waals surface area contributed by atoms with Gasteiger partial charge in [0.1, 0.15) is 0 Å². The number of rotatable bonds is 15. The molecule has 0 aromatic carbocycles. The SMILES string of the molecule is CC(CCCCCCCCCCCNNN)OC=O. The smallest absolute Gasteiger partial charge is 0.293 e. The van der Waals surface area contributed by atoms with Crippen LogP contribution in [0.4, 0.5) is 0 Å². The van der Waals surface area contributed by atoms with E-state index in [1.165, 1.54) is 51.4 Å². The first-order valence-corrected chi connectivity index (χ1v) is 7.58. The molecule has 0 rings (SSSR count). The van der Waals surface area contributed by atoms with Gasteiger partial charge in [0.05, 0.1) is 6.10 Å². The summed E-state index contributed by atoms with van der Waals surface area (Å²) in [6.45, 7) is 3.44. The molecule has 1 unspecified atom stereocenters. The fraction of sp³-hybridized carbons (Fsp3) is 0.929. The van der Waals surface area contributed by atoms with E-state index in [0.29, 0.717) is 6.47 Å². The first-order valence-electron chi connectivity index (χ1n) is 7.58. The fourth-order valence-electron chi connectivity index (χ4n) is 2.12. The molecular weight excluding hydrogens is 242 g/mol. The second kappa shape index (κ2) is 15.4. The van der Waals surface area contributed by atoms with Crippen molar-refractivity contribution in [3.8, 4) is 0 Å². The molecule has 19 heavy (non-hydrogen) atoms. The van der Waals surface area contributed by atoms with Gasteiger partial charge < -0.3 is 4.74 Å². The zero-order chi connectivity index (χ0) is 14.2. The predicted octanol–water partition coefficient (Wildman–Crippen LogP) is 2.42. The lowest BCUT2D eigenvalue weighted by atomic mass is 10.1. The number of hydrogen-bond donors (Lipinski definition) is 3. The molecule has 4 N–H and O–H groups in total. The molecule has 5 nitrogen and oxygen atoms in total. The standard InChI is InChI=1S/C14H31N3O2/c1-14(19-13-18)11-9-7-5-3-2-4-6-8-10-12-16-17-15/h13-14,16-17H,2-12,15H2,1H3. The van der Waals surface area contributed by atoms with E-state index in [4.69, 9.17) is 10.6 Å². The Balaban J connectivity index is 3.00. The summed E-state index contributed by atoms with van der Waals surface area (Å²) in [7, 11) is 0. The van der Waals surface area contributed by atoms with E-state index in [1.807, 2.05) is 6.92 Å². The zero-order valence-corrected chi connectivity index (χ0v) is 12.3. The molecule has 0 saturated carbocycles. The fourth-order valence-corrected chi connectivity index (χ4v) is 2.12. The summed E-state index contributed by atoms with van der Waals surface area (Å²) in [6, 6.07) is 0. The van der Waals surface area contributed by atoms with Crippen molar-refractivity contribution in [2.24, 2.45) is 5.84 Å². The average molecular weight is 273 g/mol. The van der Waals surface area contributed by atoms with E-state index in [0.717, 1.165) is 19.4 Å². The highest BCUT2D eigenvalue weighted by Crippen LogP contribution is 2.11. The van der Waals surface area contributed by atoms with E-state index >= 15 is 0 Å². The minimum absolute atomic E-state index is 0.0779. The van der Waals surface area contributed by atoms with Crippen LogP contribution in [0, 0.1) is 0 Å². The van der Waals surface area contributed by atoms with E-state index in [9.17, 15) is 4.79 Å². The number of hydrazine groups is 2. The van der Waals surface area contributed by atoms with E-state index in [-0.39, 0.29) is 6.10 Å². The van der Waals surface area contributed by atoms with Crippen molar-refractivity contribution in [2.45, 2.75) is 77.2 Å². The largest absolute Gasteiger partial charge is 0.465 e. The molecule has 114 valence electrons. The molecule has 0 heterocycles. The van der Waals surface area contributed by atoms with Crippen LogP contribution >= 0.6 is 0 Å². The summed E-state index contributed by atoms with van der Waals surface area (Å²) in [4.78, 5) is 10.1. The molecule has 0 saturated heterocycles. The first kappa shape index (κ1) is 18.4. The van der Waals surface area contributed by atoms with Crippen LogP contribution in [-0.4, -0.2) is 19.1 Å². The molecule has 0 amide bonds. The third-order valence-corrected chi connectivity index (χ3v) is 3.30. The zero-order valence-electron chi connectivity index (χ0n) is 12.3. The third-order valence-electron chi connectivity index (χ3n) is 3.30. The van der Waals surface area contributed by atoms with Crippen LogP contribution in [-0.2, 0) is 9.53 Å². The van der Waals surface area contributed by atoms with E-state index in [1.54, 1.807) is 0 Å². The van der Waals surface area contributed by atoms with Crippen molar-refractivity contribution < 1.29 is 9.53 Å². The summed E-state index contributed by atoms with van der Waals surface area (Å²) in [6.07, 6.45) is 12.5. The van der Waals surface area contributed by atoms with Gasteiger partial charge in [-0.2, -0.15) is 5.53 Å². The molecule has 1 atom stereocenters.